The van der Waals surface area contributed by atoms with Crippen molar-refractivity contribution in [1.82, 2.24) is 9.62 Å². The highest BCUT2D eigenvalue weighted by Gasteiger charge is 2.28. The Labute approximate surface area is 240 Å². The fourth-order valence-corrected chi connectivity index (χ4v) is 5.95. The van der Waals surface area contributed by atoms with Crippen molar-refractivity contribution in [3.8, 4) is 11.1 Å². The SMILES string of the molecule is CN(C[C@@H](O)CNC(C)(C)CCCc1ccccc1)S(=O)(=O)c1ccc(-c2c(F)cccc2CCC(=O)O)cc1F. The van der Waals surface area contributed by atoms with Crippen molar-refractivity contribution in [2.24, 2.45) is 0 Å². The van der Waals surface area contributed by atoms with Gasteiger partial charge >= 0.3 is 5.97 Å². The van der Waals surface area contributed by atoms with E-state index in [1.54, 1.807) is 6.07 Å². The Kier molecular flexibility index (Phi) is 11.1. The number of nitrogens with zero attached hydrogens (tertiary/aromatic N) is 1. The average Bonchev–Trinajstić information content (AvgIpc) is 2.91. The standard InChI is InChI=1S/C31H38F2N2O5S/c1-31(2,18-8-11-22-9-5-4-6-10-22)34-20-25(36)21-35(3)41(39,40)28-16-14-24(19-27(28)33)30-23(15-17-29(37)38)12-7-13-26(30)32/h4-7,9-10,12-14,16,19,25,34,36H,8,11,15,17-18,20-21H2,1-3H3,(H,37,38)/t25-/m0/s1. The number of nitrogens with one attached hydrogen (secondary N) is 1. The molecule has 3 aromatic rings. The van der Waals surface area contributed by atoms with Crippen molar-refractivity contribution in [2.75, 3.05) is 20.1 Å². The molecule has 0 unspecified atom stereocenters. The van der Waals surface area contributed by atoms with Gasteiger partial charge in [-0.15, -0.1) is 0 Å². The van der Waals surface area contributed by atoms with Gasteiger partial charge in [0, 0.05) is 37.7 Å². The number of β-amino-alcohol motifs (C(OH)–C–C–N with tert-alkyl or cyclic N) is 1. The predicted molar refractivity (Wildman–Crippen MR) is 155 cm³/mol. The van der Waals surface area contributed by atoms with E-state index < -0.39 is 38.6 Å². The first-order chi connectivity index (χ1) is 19.3. The molecular weight excluding hydrogens is 550 g/mol. The molecule has 0 saturated heterocycles. The molecule has 0 heterocycles. The topological polar surface area (TPSA) is 107 Å². The quantitative estimate of drug-likeness (QED) is 0.230. The van der Waals surface area contributed by atoms with Gasteiger partial charge in [-0.3, -0.25) is 4.79 Å². The zero-order valence-electron chi connectivity index (χ0n) is 23.6. The van der Waals surface area contributed by atoms with Crippen LogP contribution in [0.3, 0.4) is 0 Å². The summed E-state index contributed by atoms with van der Waals surface area (Å²) < 4.78 is 57.0. The van der Waals surface area contributed by atoms with Crippen molar-refractivity contribution in [3.63, 3.8) is 0 Å². The number of aliphatic carboxylic acids is 1. The van der Waals surface area contributed by atoms with Gasteiger partial charge in [-0.25, -0.2) is 17.2 Å². The number of carboxylic acid groups (broad SMARTS) is 1. The highest BCUT2D eigenvalue weighted by Crippen LogP contribution is 2.31. The highest BCUT2D eigenvalue weighted by atomic mass is 32.2. The number of carbonyl (C=O) groups is 1. The molecule has 0 aliphatic carbocycles. The van der Waals surface area contributed by atoms with Gasteiger partial charge in [-0.05, 0) is 74.4 Å². The molecule has 0 aliphatic rings. The van der Waals surface area contributed by atoms with E-state index in [-0.39, 0.29) is 42.6 Å². The number of likely N-dealkylation sites (N-methyl/N-ethyl adjacent to an activating group) is 1. The molecule has 3 aromatic carbocycles. The molecule has 7 nitrogen and oxygen atoms in total. The molecule has 41 heavy (non-hydrogen) atoms. The van der Waals surface area contributed by atoms with Crippen LogP contribution in [0.5, 0.6) is 0 Å². The first kappa shape index (κ1) is 32.3. The second kappa shape index (κ2) is 14.1. The van der Waals surface area contributed by atoms with E-state index in [0.29, 0.717) is 5.56 Å². The van der Waals surface area contributed by atoms with Gasteiger partial charge in [0.1, 0.15) is 16.5 Å². The van der Waals surface area contributed by atoms with Crippen molar-refractivity contribution in [3.05, 3.63) is 89.5 Å². The first-order valence-corrected chi connectivity index (χ1v) is 15.0. The molecule has 0 radical (unpaired) electrons. The smallest absolute Gasteiger partial charge is 0.303 e. The number of carboxylic acids is 1. The fourth-order valence-electron chi connectivity index (χ4n) is 4.70. The van der Waals surface area contributed by atoms with Crippen molar-refractivity contribution >= 4 is 16.0 Å². The third-order valence-corrected chi connectivity index (χ3v) is 8.87. The van der Waals surface area contributed by atoms with E-state index in [2.05, 4.69) is 17.4 Å². The Morgan fingerprint density at radius 1 is 1.00 bits per heavy atom. The van der Waals surface area contributed by atoms with E-state index in [1.165, 1.54) is 30.8 Å². The summed E-state index contributed by atoms with van der Waals surface area (Å²) in [5, 5.41) is 22.8. The summed E-state index contributed by atoms with van der Waals surface area (Å²) in [5.41, 5.74) is 1.46. The zero-order chi connectivity index (χ0) is 30.2. The van der Waals surface area contributed by atoms with Crippen LogP contribution in [-0.4, -0.2) is 60.7 Å². The van der Waals surface area contributed by atoms with Crippen LogP contribution in [0.1, 0.15) is 44.2 Å². The maximum atomic E-state index is 15.2. The van der Waals surface area contributed by atoms with Gasteiger partial charge < -0.3 is 15.5 Å². The van der Waals surface area contributed by atoms with Crippen molar-refractivity contribution < 1.29 is 32.2 Å². The lowest BCUT2D eigenvalue weighted by Gasteiger charge is -2.29. The van der Waals surface area contributed by atoms with Crippen LogP contribution in [0.2, 0.25) is 0 Å². The van der Waals surface area contributed by atoms with Crippen LogP contribution in [0.15, 0.2) is 71.6 Å². The summed E-state index contributed by atoms with van der Waals surface area (Å²) in [6, 6.07) is 17.6. The van der Waals surface area contributed by atoms with Crippen LogP contribution in [0, 0.1) is 11.6 Å². The monoisotopic (exact) mass is 588 g/mol. The Morgan fingerprint density at radius 3 is 2.37 bits per heavy atom. The molecule has 3 rings (SSSR count). The van der Waals surface area contributed by atoms with Crippen molar-refractivity contribution in [2.45, 2.75) is 62.5 Å². The molecule has 3 N–H and O–H groups in total. The van der Waals surface area contributed by atoms with Gasteiger partial charge in [0.15, 0.2) is 0 Å². The van der Waals surface area contributed by atoms with E-state index in [9.17, 15) is 22.7 Å². The van der Waals surface area contributed by atoms with E-state index >= 15 is 4.39 Å². The summed E-state index contributed by atoms with van der Waals surface area (Å²) in [5.74, 6) is -2.80. The summed E-state index contributed by atoms with van der Waals surface area (Å²) in [6.45, 7) is 3.92. The lowest BCUT2D eigenvalue weighted by molar-refractivity contribution is -0.136. The molecule has 0 bridgehead atoms. The maximum absolute atomic E-state index is 15.2. The number of aliphatic hydroxyl groups excluding tert-OH is 1. The van der Waals surface area contributed by atoms with Crippen LogP contribution < -0.4 is 5.32 Å². The number of rotatable bonds is 15. The second-order valence-corrected chi connectivity index (χ2v) is 12.9. The molecular formula is C31H38F2N2O5S. The van der Waals surface area contributed by atoms with Gasteiger partial charge in [0.2, 0.25) is 10.0 Å². The summed E-state index contributed by atoms with van der Waals surface area (Å²) in [6.07, 6.45) is 1.47. The molecule has 0 spiro atoms. The minimum atomic E-state index is -4.30. The zero-order valence-corrected chi connectivity index (χ0v) is 24.4. The fraction of sp³-hybridized carbons (Fsp3) is 0.387. The average molecular weight is 589 g/mol. The van der Waals surface area contributed by atoms with Gasteiger partial charge in [0.05, 0.1) is 6.10 Å². The van der Waals surface area contributed by atoms with Crippen LogP contribution in [0.25, 0.3) is 11.1 Å². The molecule has 0 aromatic heterocycles. The number of aryl methyl sites for hydroxylation is 2. The van der Waals surface area contributed by atoms with E-state index in [4.69, 9.17) is 5.11 Å². The van der Waals surface area contributed by atoms with Crippen LogP contribution in [0.4, 0.5) is 8.78 Å². The lowest BCUT2D eigenvalue weighted by atomic mass is 9.95. The highest BCUT2D eigenvalue weighted by molar-refractivity contribution is 7.89. The van der Waals surface area contributed by atoms with E-state index in [0.717, 1.165) is 35.7 Å². The minimum Gasteiger partial charge on any atom is -0.481 e. The summed E-state index contributed by atoms with van der Waals surface area (Å²) in [7, 11) is -3.04. The minimum absolute atomic E-state index is 0.0258. The number of hydrogen-bond donors (Lipinski definition) is 3. The Hall–Kier alpha value is -3.18. The number of hydrogen-bond acceptors (Lipinski definition) is 5. The Bertz CT molecular complexity index is 1430. The first-order valence-electron chi connectivity index (χ1n) is 13.5. The predicted octanol–water partition coefficient (Wildman–Crippen LogP) is 5.02. The Morgan fingerprint density at radius 2 is 1.71 bits per heavy atom. The molecule has 0 amide bonds. The molecule has 10 heteroatoms. The number of sulfonamides is 1. The third-order valence-electron chi connectivity index (χ3n) is 7.01. The van der Waals surface area contributed by atoms with Gasteiger partial charge in [-0.1, -0.05) is 48.5 Å². The summed E-state index contributed by atoms with van der Waals surface area (Å²) >= 11 is 0. The van der Waals surface area contributed by atoms with Crippen LogP contribution in [-0.2, 0) is 27.7 Å². The second-order valence-electron chi connectivity index (χ2n) is 10.9. The van der Waals surface area contributed by atoms with Gasteiger partial charge in [0.25, 0.3) is 0 Å². The lowest BCUT2D eigenvalue weighted by Crippen LogP contribution is -2.46. The number of benzene rings is 3. The molecule has 0 saturated carbocycles. The molecule has 0 aliphatic heterocycles. The largest absolute Gasteiger partial charge is 0.481 e. The molecule has 0 fully saturated rings. The van der Waals surface area contributed by atoms with Crippen LogP contribution >= 0.6 is 0 Å². The number of aliphatic hydroxyl groups is 1. The summed E-state index contributed by atoms with van der Waals surface area (Å²) in [4.78, 5) is 10.4. The third kappa shape index (κ3) is 9.16. The number of halogens is 2. The van der Waals surface area contributed by atoms with Crippen molar-refractivity contribution in [1.29, 1.82) is 0 Å². The van der Waals surface area contributed by atoms with E-state index in [1.807, 2.05) is 32.0 Å². The molecule has 222 valence electrons. The van der Waals surface area contributed by atoms with Gasteiger partial charge in [-0.2, -0.15) is 4.31 Å². The molecule has 1 atom stereocenters. The normalized spacial score (nSPS) is 13.0. The maximum Gasteiger partial charge on any atom is 0.303 e. The Balaban J connectivity index is 1.63.